The Morgan fingerprint density at radius 2 is 1.50 bits per heavy atom. The van der Waals surface area contributed by atoms with Gasteiger partial charge in [0.2, 0.25) is 5.28 Å². The Balaban J connectivity index is 1.40. The molecule has 1 heterocycles. The van der Waals surface area contributed by atoms with Crippen LogP contribution >= 0.6 is 11.6 Å². The van der Waals surface area contributed by atoms with Gasteiger partial charge in [0.25, 0.3) is 0 Å². The van der Waals surface area contributed by atoms with Crippen LogP contribution in [-0.4, -0.2) is 15.0 Å². The molecule has 3 saturated carbocycles. The van der Waals surface area contributed by atoms with Gasteiger partial charge in [-0.05, 0) is 65.7 Å². The number of halogens is 1. The van der Waals surface area contributed by atoms with Gasteiger partial charge in [0.1, 0.15) is 0 Å². The summed E-state index contributed by atoms with van der Waals surface area (Å²) in [4.78, 5) is 13.4. The summed E-state index contributed by atoms with van der Waals surface area (Å²) in [6.07, 6.45) is 4.20. The van der Waals surface area contributed by atoms with Gasteiger partial charge in [-0.1, -0.05) is 48.5 Å². The van der Waals surface area contributed by atoms with Crippen LogP contribution in [0.15, 0.2) is 54.6 Å². The third-order valence-corrected chi connectivity index (χ3v) is 7.02. The summed E-state index contributed by atoms with van der Waals surface area (Å²) in [7, 11) is 0. The van der Waals surface area contributed by atoms with Gasteiger partial charge in [0, 0.05) is 11.1 Å². The van der Waals surface area contributed by atoms with E-state index in [1.807, 2.05) is 30.3 Å². The average molecular weight is 360 g/mol. The molecule has 3 aliphatic rings. The highest BCUT2D eigenvalue weighted by atomic mass is 35.5. The van der Waals surface area contributed by atoms with Crippen molar-refractivity contribution in [1.82, 2.24) is 15.0 Å². The summed E-state index contributed by atoms with van der Waals surface area (Å²) in [5.41, 5.74) is 3.89. The maximum atomic E-state index is 6.21. The number of rotatable bonds is 3. The SMILES string of the molecule is Clc1nc(-c2ccccc2)nc(-c2cccc(C34CC5CC(C3)C54)c2)n1. The van der Waals surface area contributed by atoms with Crippen molar-refractivity contribution < 1.29 is 0 Å². The highest BCUT2D eigenvalue weighted by Crippen LogP contribution is 2.77. The second kappa shape index (κ2) is 5.14. The minimum atomic E-state index is 0.240. The lowest BCUT2D eigenvalue weighted by Crippen LogP contribution is -2.71. The van der Waals surface area contributed by atoms with E-state index in [4.69, 9.17) is 16.6 Å². The molecule has 2 unspecified atom stereocenters. The van der Waals surface area contributed by atoms with E-state index in [2.05, 4.69) is 34.2 Å². The predicted molar refractivity (Wildman–Crippen MR) is 102 cm³/mol. The normalized spacial score (nSPS) is 30.6. The summed E-state index contributed by atoms with van der Waals surface area (Å²) in [6, 6.07) is 18.7. The van der Waals surface area contributed by atoms with Crippen LogP contribution in [0.3, 0.4) is 0 Å². The van der Waals surface area contributed by atoms with Crippen molar-refractivity contribution in [3.05, 3.63) is 65.4 Å². The minimum absolute atomic E-state index is 0.240. The Kier molecular flexibility index (Phi) is 2.94. The molecule has 0 saturated heterocycles. The first-order valence-electron chi connectivity index (χ1n) is 9.31. The molecule has 0 aliphatic heterocycles. The second-order valence-electron chi connectivity index (χ2n) is 8.04. The standard InChI is InChI=1S/C22H18ClN3/c23-21-25-19(13-5-2-1-3-6-13)24-20(26-21)14-7-4-8-17(10-14)22-11-15-9-16(12-22)18(15)22/h1-8,10,15-16,18H,9,11-12H2. The molecular formula is C22H18ClN3. The van der Waals surface area contributed by atoms with Gasteiger partial charge < -0.3 is 0 Å². The van der Waals surface area contributed by atoms with E-state index in [-0.39, 0.29) is 5.28 Å². The first-order chi connectivity index (χ1) is 12.7. The quantitative estimate of drug-likeness (QED) is 0.648. The Labute approximate surface area is 157 Å². The van der Waals surface area contributed by atoms with E-state index in [0.717, 1.165) is 28.9 Å². The van der Waals surface area contributed by atoms with Gasteiger partial charge in [0.15, 0.2) is 11.6 Å². The van der Waals surface area contributed by atoms with Gasteiger partial charge in [-0.15, -0.1) is 0 Å². The number of hydrogen-bond donors (Lipinski definition) is 0. The molecule has 1 aromatic heterocycles. The maximum Gasteiger partial charge on any atom is 0.226 e. The van der Waals surface area contributed by atoms with Gasteiger partial charge in [0.05, 0.1) is 0 Å². The molecule has 3 nitrogen and oxygen atoms in total. The molecule has 2 atom stereocenters. The van der Waals surface area contributed by atoms with Crippen molar-refractivity contribution in [3.8, 4) is 22.8 Å². The molecule has 6 rings (SSSR count). The lowest BCUT2D eigenvalue weighted by Gasteiger charge is -2.76. The molecule has 2 aromatic carbocycles. The van der Waals surface area contributed by atoms with E-state index in [1.54, 1.807) is 0 Å². The van der Waals surface area contributed by atoms with Gasteiger partial charge in [-0.2, -0.15) is 9.97 Å². The first-order valence-corrected chi connectivity index (χ1v) is 9.69. The van der Waals surface area contributed by atoms with Gasteiger partial charge in [-0.3, -0.25) is 0 Å². The summed E-state index contributed by atoms with van der Waals surface area (Å²) in [5.74, 6) is 4.21. The Morgan fingerprint density at radius 3 is 2.19 bits per heavy atom. The smallest absolute Gasteiger partial charge is 0.208 e. The zero-order chi connectivity index (χ0) is 17.3. The van der Waals surface area contributed by atoms with Crippen LogP contribution in [0, 0.1) is 17.8 Å². The lowest BCUT2D eigenvalue weighted by molar-refractivity contribution is -0.219. The third kappa shape index (κ3) is 1.92. The van der Waals surface area contributed by atoms with Gasteiger partial charge in [-0.25, -0.2) is 4.98 Å². The average Bonchev–Trinajstić information content (AvgIpc) is 2.67. The molecule has 0 radical (unpaired) electrons. The predicted octanol–water partition coefficient (Wildman–Crippen LogP) is 5.16. The molecule has 3 fully saturated rings. The van der Waals surface area contributed by atoms with Gasteiger partial charge >= 0.3 is 0 Å². The van der Waals surface area contributed by atoms with E-state index < -0.39 is 0 Å². The zero-order valence-corrected chi connectivity index (χ0v) is 15.0. The Hall–Kier alpha value is -2.26. The molecule has 26 heavy (non-hydrogen) atoms. The third-order valence-electron chi connectivity index (χ3n) is 6.85. The first kappa shape index (κ1) is 14.9. The van der Waals surface area contributed by atoms with Crippen molar-refractivity contribution in [3.63, 3.8) is 0 Å². The lowest BCUT2D eigenvalue weighted by atomic mass is 9.28. The monoisotopic (exact) mass is 359 g/mol. The minimum Gasteiger partial charge on any atom is -0.208 e. The molecule has 0 spiro atoms. The van der Waals surface area contributed by atoms with Crippen LogP contribution in [-0.2, 0) is 5.41 Å². The zero-order valence-electron chi connectivity index (χ0n) is 14.3. The van der Waals surface area contributed by atoms with Crippen molar-refractivity contribution in [2.75, 3.05) is 0 Å². The van der Waals surface area contributed by atoms with Crippen molar-refractivity contribution >= 4 is 11.6 Å². The molecule has 3 aromatic rings. The number of benzene rings is 2. The number of aromatic nitrogens is 3. The van der Waals surface area contributed by atoms with Crippen LogP contribution in [0.4, 0.5) is 0 Å². The molecule has 0 bridgehead atoms. The molecule has 0 N–H and O–H groups in total. The fourth-order valence-corrected chi connectivity index (χ4v) is 5.92. The maximum absolute atomic E-state index is 6.21. The highest BCUT2D eigenvalue weighted by molar-refractivity contribution is 6.28. The van der Waals surface area contributed by atoms with Crippen molar-refractivity contribution in [2.45, 2.75) is 24.7 Å². The Morgan fingerprint density at radius 1 is 0.808 bits per heavy atom. The molecular weight excluding hydrogens is 342 g/mol. The van der Waals surface area contributed by atoms with E-state index in [9.17, 15) is 0 Å². The van der Waals surface area contributed by atoms with Crippen molar-refractivity contribution in [1.29, 1.82) is 0 Å². The molecule has 128 valence electrons. The summed E-state index contributed by atoms with van der Waals surface area (Å²) < 4.78 is 0. The van der Waals surface area contributed by atoms with E-state index in [0.29, 0.717) is 17.1 Å². The fraction of sp³-hybridized carbons (Fsp3) is 0.318. The topological polar surface area (TPSA) is 38.7 Å². The summed E-state index contributed by atoms with van der Waals surface area (Å²) in [5, 5.41) is 0.240. The summed E-state index contributed by atoms with van der Waals surface area (Å²) >= 11 is 6.21. The number of nitrogens with zero attached hydrogens (tertiary/aromatic N) is 3. The van der Waals surface area contributed by atoms with Crippen molar-refractivity contribution in [2.24, 2.45) is 17.8 Å². The van der Waals surface area contributed by atoms with Crippen LogP contribution in [0.2, 0.25) is 5.28 Å². The fourth-order valence-electron chi connectivity index (χ4n) is 5.76. The summed E-state index contributed by atoms with van der Waals surface area (Å²) in [6.45, 7) is 0. The van der Waals surface area contributed by atoms with Crippen LogP contribution in [0.25, 0.3) is 22.8 Å². The highest BCUT2D eigenvalue weighted by Gasteiger charge is 2.71. The molecule has 4 heteroatoms. The van der Waals surface area contributed by atoms with E-state index >= 15 is 0 Å². The van der Waals surface area contributed by atoms with E-state index in [1.165, 1.54) is 24.8 Å². The Bertz CT molecular complexity index is 1000. The largest absolute Gasteiger partial charge is 0.226 e. The second-order valence-corrected chi connectivity index (χ2v) is 8.38. The molecule has 0 amide bonds. The number of hydrogen-bond acceptors (Lipinski definition) is 3. The van der Waals surface area contributed by atoms with Crippen LogP contribution in [0.1, 0.15) is 24.8 Å². The van der Waals surface area contributed by atoms with Crippen LogP contribution in [0.5, 0.6) is 0 Å². The van der Waals surface area contributed by atoms with Crippen LogP contribution < -0.4 is 0 Å². The molecule has 3 aliphatic carbocycles.